The van der Waals surface area contributed by atoms with Crippen LogP contribution in [0.15, 0.2) is 206 Å². The zero-order valence-corrected chi connectivity index (χ0v) is 59.7. The molecule has 6 aliphatic heterocycles. The molecule has 486 valence electrons. The minimum absolute atomic E-state index is 0.209. The predicted molar refractivity (Wildman–Crippen MR) is 432 cm³/mol. The average molecular weight is 1350 g/mol. The monoisotopic (exact) mass is 1350 g/mol. The molecule has 14 heteroatoms. The summed E-state index contributed by atoms with van der Waals surface area (Å²) in [6, 6.07) is 78.1. The summed E-state index contributed by atoms with van der Waals surface area (Å²) in [6.07, 6.45) is 4.45. The highest BCUT2D eigenvalue weighted by molar-refractivity contribution is 8.00. The van der Waals surface area contributed by atoms with Gasteiger partial charge in [0.25, 0.3) is 20.1 Å². The van der Waals surface area contributed by atoms with E-state index in [1.54, 1.807) is 23.9 Å². The van der Waals surface area contributed by atoms with E-state index in [2.05, 4.69) is 296 Å². The Bertz CT molecular complexity index is 6100. The molecule has 0 unspecified atom stereocenters. The molecular formula is C88H64B3N5O4S2. The molecule has 0 amide bonds. The van der Waals surface area contributed by atoms with Gasteiger partial charge >= 0.3 is 0 Å². The maximum atomic E-state index is 7.63. The number of nitrogens with zero attached hydrogens (tertiary/aromatic N) is 5. The Morgan fingerprint density at radius 3 is 0.814 bits per heavy atom. The van der Waals surface area contributed by atoms with Crippen molar-refractivity contribution in [2.45, 2.75) is 55.4 Å². The van der Waals surface area contributed by atoms with Crippen molar-refractivity contribution < 1.29 is 18.9 Å². The number of anilines is 4. The standard InChI is InChI=1S/C88H64B3N5O4S2/c1-45-11-19-68-56(27-45)57-28-46(2)12-20-69(57)92(68)53-35-76-86-77(36-53)96(102-10)75-44-81-67(91-65-34-52(8)18-26-79(65)98-83-38-55(40-85(100-81)88(83)91)94-72-23-15-49(5)31-60(72)61-32-50(6)16-24-73(61)94)42-63(75)89(86)62-41-66-80(43-74(62)95(76)101-9)99-84-39-54(37-82-87(84)90(66)64-33-51(7)17-25-78(64)97-82)93-70-21-13-47(3)29-58(70)59-30-48(4)14-22-71(59)93/h11-44H,1-10H3. The first kappa shape index (κ1) is 58.7. The van der Waals surface area contributed by atoms with Crippen molar-refractivity contribution in [1.82, 2.24) is 13.7 Å². The van der Waals surface area contributed by atoms with Gasteiger partial charge in [-0.05, 0) is 215 Å². The molecule has 9 heterocycles. The Hall–Kier alpha value is -11.0. The summed E-state index contributed by atoms with van der Waals surface area (Å²) in [5, 5.41) is 7.37. The molecule has 0 bridgehead atoms. The summed E-state index contributed by atoms with van der Waals surface area (Å²) in [7, 11) is 0. The summed E-state index contributed by atoms with van der Waals surface area (Å²) in [6.45, 7) is 16.8. The molecule has 16 aromatic rings. The summed E-state index contributed by atoms with van der Waals surface area (Å²) in [5.74, 6) is 6.54. The van der Waals surface area contributed by atoms with Crippen LogP contribution in [0, 0.1) is 55.4 Å². The summed E-state index contributed by atoms with van der Waals surface area (Å²) >= 11 is 3.49. The largest absolute Gasteiger partial charge is 0.458 e. The van der Waals surface area contributed by atoms with Gasteiger partial charge < -0.3 is 32.6 Å². The van der Waals surface area contributed by atoms with Gasteiger partial charge in [-0.3, -0.25) is 8.61 Å². The van der Waals surface area contributed by atoms with Crippen molar-refractivity contribution in [1.29, 1.82) is 0 Å². The number of aromatic nitrogens is 3. The van der Waals surface area contributed by atoms with Crippen molar-refractivity contribution in [3.8, 4) is 63.1 Å². The topological polar surface area (TPSA) is 58.2 Å². The fourth-order valence-electron chi connectivity index (χ4n) is 18.5. The van der Waals surface area contributed by atoms with Crippen molar-refractivity contribution in [2.75, 3.05) is 21.1 Å². The van der Waals surface area contributed by atoms with Crippen LogP contribution in [0.2, 0.25) is 0 Å². The summed E-state index contributed by atoms with van der Waals surface area (Å²) < 4.78 is 41.9. The van der Waals surface area contributed by atoms with E-state index in [-0.39, 0.29) is 20.1 Å². The van der Waals surface area contributed by atoms with Crippen LogP contribution in [0.1, 0.15) is 44.5 Å². The van der Waals surface area contributed by atoms with Gasteiger partial charge in [-0.2, -0.15) is 0 Å². The molecule has 0 atom stereocenters. The number of aryl methyl sites for hydroxylation is 8. The van der Waals surface area contributed by atoms with Crippen molar-refractivity contribution in [2.24, 2.45) is 0 Å². The first-order valence-corrected chi connectivity index (χ1v) is 37.6. The van der Waals surface area contributed by atoms with Gasteiger partial charge in [0.15, 0.2) is 0 Å². The van der Waals surface area contributed by atoms with Crippen LogP contribution in [0.3, 0.4) is 0 Å². The summed E-state index contributed by atoms with van der Waals surface area (Å²) in [5.41, 5.74) is 34.3. The number of benzene rings is 13. The molecule has 0 saturated heterocycles. The second-order valence-corrected chi connectivity index (χ2v) is 30.8. The van der Waals surface area contributed by atoms with Crippen molar-refractivity contribution >= 4 is 181 Å². The van der Waals surface area contributed by atoms with Crippen LogP contribution in [-0.2, 0) is 0 Å². The van der Waals surface area contributed by atoms with Gasteiger partial charge in [0, 0.05) is 92.2 Å². The molecular weight excluding hydrogens is 1290 g/mol. The third kappa shape index (κ3) is 8.02. The third-order valence-corrected chi connectivity index (χ3v) is 24.3. The maximum Gasteiger partial charge on any atom is 0.260 e. The second-order valence-electron chi connectivity index (χ2n) is 29.4. The molecule has 0 fully saturated rings. The molecule has 0 spiro atoms. The molecule has 13 aromatic carbocycles. The number of ether oxygens (including phenoxy) is 4. The number of fused-ring (bicyclic) bond motifs is 21. The fraction of sp³-hybridized carbons (Fsp3) is 0.114. The van der Waals surface area contributed by atoms with Crippen LogP contribution in [0.4, 0.5) is 22.7 Å². The Morgan fingerprint density at radius 1 is 0.235 bits per heavy atom. The minimum atomic E-state index is -0.245. The third-order valence-electron chi connectivity index (χ3n) is 22.8. The fourth-order valence-corrected chi connectivity index (χ4v) is 19.9. The van der Waals surface area contributed by atoms with Gasteiger partial charge in [-0.25, -0.2) is 0 Å². The highest BCUT2D eigenvalue weighted by Gasteiger charge is 2.50. The highest BCUT2D eigenvalue weighted by Crippen LogP contribution is 2.50. The molecule has 102 heavy (non-hydrogen) atoms. The normalized spacial score (nSPS) is 13.9. The molecule has 0 aliphatic carbocycles. The predicted octanol–water partition coefficient (Wildman–Crippen LogP) is 16.9. The van der Waals surface area contributed by atoms with Gasteiger partial charge in [-0.15, -0.1) is 0 Å². The lowest BCUT2D eigenvalue weighted by molar-refractivity contribution is 0.463. The Labute approximate surface area is 600 Å². The molecule has 0 saturated carbocycles. The quantitative estimate of drug-likeness (QED) is 0.125. The van der Waals surface area contributed by atoms with E-state index in [0.29, 0.717) is 0 Å². The van der Waals surface area contributed by atoms with Crippen LogP contribution < -0.4 is 76.7 Å². The number of hydrogen-bond donors (Lipinski definition) is 0. The lowest BCUT2D eigenvalue weighted by Gasteiger charge is -2.44. The second kappa shape index (κ2) is 20.8. The van der Waals surface area contributed by atoms with E-state index < -0.39 is 0 Å². The van der Waals surface area contributed by atoms with Crippen molar-refractivity contribution in [3.63, 3.8) is 0 Å². The number of hydrogen-bond acceptors (Lipinski definition) is 8. The molecule has 22 rings (SSSR count). The molecule has 0 radical (unpaired) electrons. The smallest absolute Gasteiger partial charge is 0.260 e. The maximum absolute atomic E-state index is 7.63. The van der Waals surface area contributed by atoms with Gasteiger partial charge in [0.05, 0.1) is 72.9 Å². The van der Waals surface area contributed by atoms with E-state index in [0.717, 1.165) is 141 Å². The van der Waals surface area contributed by atoms with E-state index in [4.69, 9.17) is 18.9 Å². The van der Waals surface area contributed by atoms with E-state index in [1.165, 1.54) is 104 Å². The zero-order chi connectivity index (χ0) is 68.3. The van der Waals surface area contributed by atoms with E-state index in [1.807, 2.05) is 0 Å². The first-order valence-electron chi connectivity index (χ1n) is 35.2. The summed E-state index contributed by atoms with van der Waals surface area (Å²) in [4.78, 5) is 0. The zero-order valence-electron chi connectivity index (χ0n) is 58.0. The Morgan fingerprint density at radius 2 is 0.500 bits per heavy atom. The van der Waals surface area contributed by atoms with Crippen LogP contribution in [0.25, 0.3) is 82.5 Å². The SMILES string of the molecule is CSN1c2cc3c(cc2B2c4cc5c(cc4N(SC)c4cc(-n6c7ccc(C)cc7c7cc(C)ccc76)cc1c42)Oc1cc(-n2c4ccc(C)cc4c4cc(C)ccc42)cc2c1B5c1cc(C)ccc1O2)B1c2cc(C)ccc2Oc2cc(-n4c5ccc(C)cc5c5cc(C)ccc54)cc(c21)O3. The molecule has 3 aromatic heterocycles. The van der Waals surface area contributed by atoms with E-state index in [9.17, 15) is 0 Å². The van der Waals surface area contributed by atoms with Gasteiger partial charge in [-0.1, -0.05) is 117 Å². The average Bonchev–Trinajstić information content (AvgIpc) is 1.05. The van der Waals surface area contributed by atoms with Gasteiger partial charge in [0.1, 0.15) is 46.0 Å². The van der Waals surface area contributed by atoms with Crippen molar-refractivity contribution in [3.05, 3.63) is 251 Å². The molecule has 0 N–H and O–H groups in total. The minimum Gasteiger partial charge on any atom is -0.458 e. The molecule has 9 nitrogen and oxygen atoms in total. The number of rotatable bonds is 5. The first-order chi connectivity index (χ1) is 49.7. The van der Waals surface area contributed by atoms with Gasteiger partial charge in [0.2, 0.25) is 0 Å². The molecule has 6 aliphatic rings. The van der Waals surface area contributed by atoms with E-state index >= 15 is 0 Å². The Balaban J connectivity index is 0.793. The lowest BCUT2D eigenvalue weighted by atomic mass is 9.29. The lowest BCUT2D eigenvalue weighted by Crippen LogP contribution is -2.65. The van der Waals surface area contributed by atoms with Crippen LogP contribution in [0.5, 0.6) is 46.0 Å². The Kier molecular flexibility index (Phi) is 12.0. The van der Waals surface area contributed by atoms with Crippen LogP contribution >= 0.6 is 23.9 Å². The van der Waals surface area contributed by atoms with Crippen LogP contribution in [-0.4, -0.2) is 46.4 Å². The highest BCUT2D eigenvalue weighted by atomic mass is 32.2.